The molecule has 0 heterocycles. The average molecular weight is 295 g/mol. The molecule has 0 radical (unpaired) electrons. The summed E-state index contributed by atoms with van der Waals surface area (Å²) in [6.07, 6.45) is -4.70. The van der Waals surface area contributed by atoms with E-state index in [4.69, 9.17) is 0 Å². The van der Waals surface area contributed by atoms with Gasteiger partial charge in [0.15, 0.2) is 5.75 Å². The first kappa shape index (κ1) is 15.2. The van der Waals surface area contributed by atoms with Gasteiger partial charge in [0.1, 0.15) is 0 Å². The molecule has 0 saturated carbocycles. The number of ether oxygens (including phenoxy) is 1. The quantitative estimate of drug-likeness (QED) is 0.873. The molecule has 2 aromatic carbocycles. The molecule has 0 saturated heterocycles. The molecule has 112 valence electrons. The summed E-state index contributed by atoms with van der Waals surface area (Å²) in [5.41, 5.74) is 3.64. The van der Waals surface area contributed by atoms with Gasteiger partial charge in [-0.15, -0.1) is 13.2 Å². The number of halogens is 3. The maximum absolute atomic E-state index is 12.3. The minimum absolute atomic E-state index is 0.228. The third-order valence-electron chi connectivity index (χ3n) is 3.17. The van der Waals surface area contributed by atoms with E-state index in [-0.39, 0.29) is 5.75 Å². The van der Waals surface area contributed by atoms with E-state index in [0.29, 0.717) is 12.2 Å². The lowest BCUT2D eigenvalue weighted by atomic mass is 10.1. The highest BCUT2D eigenvalue weighted by molar-refractivity contribution is 5.56. The van der Waals surface area contributed by atoms with Crippen molar-refractivity contribution in [1.82, 2.24) is 0 Å². The van der Waals surface area contributed by atoms with Gasteiger partial charge in [-0.3, -0.25) is 0 Å². The molecule has 2 aromatic rings. The van der Waals surface area contributed by atoms with Crippen molar-refractivity contribution in [3.05, 3.63) is 59.2 Å². The van der Waals surface area contributed by atoms with Gasteiger partial charge < -0.3 is 10.1 Å². The summed E-state index contributed by atoms with van der Waals surface area (Å²) in [4.78, 5) is 0. The summed E-state index contributed by atoms with van der Waals surface area (Å²) in [5.74, 6) is -0.228. The Bertz CT molecular complexity index is 623. The van der Waals surface area contributed by atoms with Gasteiger partial charge in [-0.1, -0.05) is 30.3 Å². The van der Waals surface area contributed by atoms with E-state index < -0.39 is 6.36 Å². The normalized spacial score (nSPS) is 11.3. The van der Waals surface area contributed by atoms with Gasteiger partial charge >= 0.3 is 6.36 Å². The number of para-hydroxylation sites is 2. The van der Waals surface area contributed by atoms with Crippen LogP contribution in [-0.4, -0.2) is 6.36 Å². The summed E-state index contributed by atoms with van der Waals surface area (Å²) in [5, 5.41) is 2.97. The molecule has 0 amide bonds. The maximum atomic E-state index is 12.3. The molecular weight excluding hydrogens is 279 g/mol. The molecule has 0 unspecified atom stereocenters. The van der Waals surface area contributed by atoms with Crippen LogP contribution in [0.5, 0.6) is 5.75 Å². The second-order valence-electron chi connectivity index (χ2n) is 4.82. The molecule has 0 spiro atoms. The molecule has 0 aliphatic carbocycles. The third-order valence-corrected chi connectivity index (χ3v) is 3.17. The van der Waals surface area contributed by atoms with Crippen molar-refractivity contribution >= 4 is 5.69 Å². The fraction of sp³-hybridized carbons (Fsp3) is 0.250. The summed E-state index contributed by atoms with van der Waals surface area (Å²) in [6, 6.07) is 12.0. The number of hydrogen-bond donors (Lipinski definition) is 1. The van der Waals surface area contributed by atoms with Crippen molar-refractivity contribution in [3.8, 4) is 5.75 Å². The lowest BCUT2D eigenvalue weighted by molar-refractivity contribution is -0.274. The predicted molar refractivity (Wildman–Crippen MR) is 76.4 cm³/mol. The van der Waals surface area contributed by atoms with Gasteiger partial charge in [0, 0.05) is 6.54 Å². The van der Waals surface area contributed by atoms with Crippen LogP contribution < -0.4 is 10.1 Å². The summed E-state index contributed by atoms with van der Waals surface area (Å²) >= 11 is 0. The Balaban J connectivity index is 2.11. The van der Waals surface area contributed by atoms with Crippen LogP contribution in [0.1, 0.15) is 16.7 Å². The Hall–Kier alpha value is -2.17. The fourth-order valence-corrected chi connectivity index (χ4v) is 1.94. The second kappa shape index (κ2) is 6.08. The zero-order valence-electron chi connectivity index (χ0n) is 11.8. The van der Waals surface area contributed by atoms with E-state index in [0.717, 1.165) is 11.1 Å². The molecular formula is C16H16F3NO. The van der Waals surface area contributed by atoms with E-state index in [1.54, 1.807) is 12.1 Å². The number of alkyl halides is 3. The summed E-state index contributed by atoms with van der Waals surface area (Å²) in [7, 11) is 0. The first-order valence-corrected chi connectivity index (χ1v) is 6.50. The number of aryl methyl sites for hydroxylation is 2. The van der Waals surface area contributed by atoms with Gasteiger partial charge in [0.05, 0.1) is 5.69 Å². The van der Waals surface area contributed by atoms with Crippen LogP contribution in [0.25, 0.3) is 0 Å². The molecule has 0 bridgehead atoms. The number of nitrogens with one attached hydrogen (secondary N) is 1. The lowest BCUT2D eigenvalue weighted by Gasteiger charge is -2.15. The molecule has 0 aromatic heterocycles. The van der Waals surface area contributed by atoms with Crippen LogP contribution in [0.3, 0.4) is 0 Å². The van der Waals surface area contributed by atoms with Gasteiger partial charge in [-0.2, -0.15) is 0 Å². The largest absolute Gasteiger partial charge is 0.573 e. The van der Waals surface area contributed by atoms with Crippen molar-refractivity contribution < 1.29 is 17.9 Å². The zero-order valence-corrected chi connectivity index (χ0v) is 11.8. The van der Waals surface area contributed by atoms with Crippen LogP contribution in [0.2, 0.25) is 0 Å². The number of hydrogen-bond acceptors (Lipinski definition) is 2. The Morgan fingerprint density at radius 2 is 1.71 bits per heavy atom. The monoisotopic (exact) mass is 295 g/mol. The smallest absolute Gasteiger partial charge is 0.404 e. The van der Waals surface area contributed by atoms with Crippen molar-refractivity contribution in [2.45, 2.75) is 26.8 Å². The predicted octanol–water partition coefficient (Wildman–Crippen LogP) is 4.81. The summed E-state index contributed by atoms with van der Waals surface area (Å²) < 4.78 is 41.0. The van der Waals surface area contributed by atoms with Gasteiger partial charge in [-0.25, -0.2) is 0 Å². The van der Waals surface area contributed by atoms with Gasteiger partial charge in [0.2, 0.25) is 0 Å². The van der Waals surface area contributed by atoms with Crippen LogP contribution in [0, 0.1) is 13.8 Å². The van der Waals surface area contributed by atoms with Crippen molar-refractivity contribution in [2.75, 3.05) is 5.32 Å². The van der Waals surface area contributed by atoms with Crippen LogP contribution in [0.15, 0.2) is 42.5 Å². The topological polar surface area (TPSA) is 21.3 Å². The molecule has 1 N–H and O–H groups in total. The Morgan fingerprint density at radius 3 is 2.38 bits per heavy atom. The minimum Gasteiger partial charge on any atom is -0.404 e. The zero-order chi connectivity index (χ0) is 15.5. The molecule has 21 heavy (non-hydrogen) atoms. The van der Waals surface area contributed by atoms with Crippen LogP contribution in [-0.2, 0) is 6.54 Å². The molecule has 0 aliphatic rings. The first-order chi connectivity index (χ1) is 9.85. The lowest BCUT2D eigenvalue weighted by Crippen LogP contribution is -2.18. The van der Waals surface area contributed by atoms with Crippen molar-refractivity contribution in [1.29, 1.82) is 0 Å². The van der Waals surface area contributed by atoms with Crippen molar-refractivity contribution in [3.63, 3.8) is 0 Å². The number of rotatable bonds is 4. The third kappa shape index (κ3) is 4.41. The molecule has 2 nitrogen and oxygen atoms in total. The molecule has 5 heteroatoms. The Labute approximate surface area is 121 Å². The van der Waals surface area contributed by atoms with Gasteiger partial charge in [-0.05, 0) is 42.7 Å². The van der Waals surface area contributed by atoms with Crippen LogP contribution >= 0.6 is 0 Å². The minimum atomic E-state index is -4.70. The Morgan fingerprint density at radius 1 is 1.00 bits per heavy atom. The highest BCUT2D eigenvalue weighted by Crippen LogP contribution is 2.30. The van der Waals surface area contributed by atoms with Gasteiger partial charge in [0.25, 0.3) is 0 Å². The standard InChI is InChI=1S/C16H16F3NO/c1-11-7-8-13(9-12(11)2)10-20-14-5-3-4-6-15(14)21-16(17,18)19/h3-9,20H,10H2,1-2H3. The maximum Gasteiger partial charge on any atom is 0.573 e. The number of anilines is 1. The van der Waals surface area contributed by atoms with Crippen molar-refractivity contribution in [2.24, 2.45) is 0 Å². The first-order valence-electron chi connectivity index (χ1n) is 6.50. The molecule has 0 fully saturated rings. The van der Waals surface area contributed by atoms with E-state index in [2.05, 4.69) is 10.1 Å². The van der Waals surface area contributed by atoms with Crippen LogP contribution in [0.4, 0.5) is 18.9 Å². The molecule has 0 aliphatic heterocycles. The highest BCUT2D eigenvalue weighted by Gasteiger charge is 2.32. The summed E-state index contributed by atoms with van der Waals surface area (Å²) in [6.45, 7) is 4.44. The van der Waals surface area contributed by atoms with E-state index in [1.807, 2.05) is 32.0 Å². The Kier molecular flexibility index (Phi) is 4.40. The fourth-order valence-electron chi connectivity index (χ4n) is 1.94. The van der Waals surface area contributed by atoms with E-state index >= 15 is 0 Å². The van der Waals surface area contributed by atoms with E-state index in [9.17, 15) is 13.2 Å². The average Bonchev–Trinajstić information content (AvgIpc) is 2.40. The highest BCUT2D eigenvalue weighted by atomic mass is 19.4. The molecule has 2 rings (SSSR count). The number of benzene rings is 2. The SMILES string of the molecule is Cc1ccc(CNc2ccccc2OC(F)(F)F)cc1C. The second-order valence-corrected chi connectivity index (χ2v) is 4.82. The van der Waals surface area contributed by atoms with E-state index in [1.165, 1.54) is 17.7 Å². The molecule has 0 atom stereocenters.